The third-order valence-corrected chi connectivity index (χ3v) is 4.63. The standard InChI is InChI=1S/C21H26N4O/c1-15(2)25-16(3)12-20(17(25)4)21(26)22-13-18-6-8-19(9-7-18)14-24-11-5-10-23-24/h5-12,15H,13-14H2,1-4H3,(H,22,26). The smallest absolute Gasteiger partial charge is 0.253 e. The summed E-state index contributed by atoms with van der Waals surface area (Å²) in [5.74, 6) is -0.0226. The molecule has 0 fully saturated rings. The van der Waals surface area contributed by atoms with Crippen LogP contribution in [-0.4, -0.2) is 20.3 Å². The van der Waals surface area contributed by atoms with Crippen LogP contribution in [-0.2, 0) is 13.1 Å². The van der Waals surface area contributed by atoms with Crippen LogP contribution in [0.4, 0.5) is 0 Å². The van der Waals surface area contributed by atoms with Crippen molar-refractivity contribution in [2.24, 2.45) is 0 Å². The average Bonchev–Trinajstić information content (AvgIpc) is 3.21. The maximum Gasteiger partial charge on any atom is 0.253 e. The Morgan fingerprint density at radius 3 is 2.42 bits per heavy atom. The number of nitrogens with one attached hydrogen (secondary N) is 1. The van der Waals surface area contributed by atoms with Gasteiger partial charge in [0.05, 0.1) is 12.1 Å². The Kier molecular flexibility index (Phi) is 5.26. The summed E-state index contributed by atoms with van der Waals surface area (Å²) in [6, 6.07) is 12.5. The van der Waals surface area contributed by atoms with Gasteiger partial charge < -0.3 is 9.88 Å². The zero-order chi connectivity index (χ0) is 18.7. The van der Waals surface area contributed by atoms with Gasteiger partial charge in [0.25, 0.3) is 5.91 Å². The quantitative estimate of drug-likeness (QED) is 0.734. The van der Waals surface area contributed by atoms with Gasteiger partial charge in [-0.1, -0.05) is 24.3 Å². The van der Waals surface area contributed by atoms with Crippen molar-refractivity contribution in [3.8, 4) is 0 Å². The first-order valence-electron chi connectivity index (χ1n) is 8.97. The number of carbonyl (C=O) groups excluding carboxylic acids is 1. The highest BCUT2D eigenvalue weighted by molar-refractivity contribution is 5.95. The molecule has 2 aromatic heterocycles. The molecule has 1 N–H and O–H groups in total. The minimum absolute atomic E-state index is 0.0226. The molecule has 26 heavy (non-hydrogen) atoms. The third-order valence-electron chi connectivity index (χ3n) is 4.63. The van der Waals surface area contributed by atoms with Crippen LogP contribution in [0.3, 0.4) is 0 Å². The molecule has 3 rings (SSSR count). The molecule has 5 nitrogen and oxygen atoms in total. The monoisotopic (exact) mass is 350 g/mol. The number of amides is 1. The van der Waals surface area contributed by atoms with Crippen LogP contribution >= 0.6 is 0 Å². The molecule has 3 aromatic rings. The molecule has 1 aromatic carbocycles. The van der Waals surface area contributed by atoms with E-state index in [1.807, 2.05) is 36.9 Å². The van der Waals surface area contributed by atoms with Crippen molar-refractivity contribution in [1.82, 2.24) is 19.7 Å². The second-order valence-corrected chi connectivity index (χ2v) is 6.95. The van der Waals surface area contributed by atoms with Crippen molar-refractivity contribution < 1.29 is 4.79 Å². The summed E-state index contributed by atoms with van der Waals surface area (Å²) in [4.78, 5) is 12.6. The van der Waals surface area contributed by atoms with E-state index in [1.54, 1.807) is 6.20 Å². The number of nitrogens with zero attached hydrogens (tertiary/aromatic N) is 3. The maximum absolute atomic E-state index is 12.6. The van der Waals surface area contributed by atoms with Crippen molar-refractivity contribution >= 4 is 5.91 Å². The fourth-order valence-electron chi connectivity index (χ4n) is 3.42. The molecule has 0 spiro atoms. The predicted molar refractivity (Wildman–Crippen MR) is 103 cm³/mol. The van der Waals surface area contributed by atoms with Crippen LogP contribution in [0.1, 0.15) is 52.8 Å². The van der Waals surface area contributed by atoms with Gasteiger partial charge in [0.2, 0.25) is 0 Å². The highest BCUT2D eigenvalue weighted by Gasteiger charge is 2.16. The Bertz CT molecular complexity index is 874. The van der Waals surface area contributed by atoms with Crippen LogP contribution in [0.2, 0.25) is 0 Å². The van der Waals surface area contributed by atoms with E-state index in [9.17, 15) is 4.79 Å². The molecule has 2 heterocycles. The molecular formula is C21H26N4O. The van der Waals surface area contributed by atoms with Crippen LogP contribution in [0.5, 0.6) is 0 Å². The van der Waals surface area contributed by atoms with Crippen LogP contribution in [0, 0.1) is 13.8 Å². The summed E-state index contributed by atoms with van der Waals surface area (Å²) in [5.41, 5.74) is 5.16. The molecule has 0 aliphatic heterocycles. The van der Waals surface area contributed by atoms with Crippen LogP contribution < -0.4 is 5.32 Å². The first-order chi connectivity index (χ1) is 12.5. The highest BCUT2D eigenvalue weighted by Crippen LogP contribution is 2.20. The second kappa shape index (κ2) is 7.60. The van der Waals surface area contributed by atoms with Crippen molar-refractivity contribution in [3.63, 3.8) is 0 Å². The average molecular weight is 350 g/mol. The second-order valence-electron chi connectivity index (χ2n) is 6.95. The zero-order valence-electron chi connectivity index (χ0n) is 15.9. The summed E-state index contributed by atoms with van der Waals surface area (Å²) in [6.45, 7) is 9.58. The first kappa shape index (κ1) is 18.0. The summed E-state index contributed by atoms with van der Waals surface area (Å²) < 4.78 is 4.08. The maximum atomic E-state index is 12.6. The van der Waals surface area contributed by atoms with Gasteiger partial charge in [0, 0.05) is 36.4 Å². The Morgan fingerprint density at radius 2 is 1.85 bits per heavy atom. The largest absolute Gasteiger partial charge is 0.348 e. The summed E-state index contributed by atoms with van der Waals surface area (Å²) in [5, 5.41) is 7.25. The first-order valence-corrected chi connectivity index (χ1v) is 8.97. The van der Waals surface area contributed by atoms with Crippen molar-refractivity contribution in [3.05, 3.63) is 76.9 Å². The van der Waals surface area contributed by atoms with Crippen molar-refractivity contribution in [2.45, 2.75) is 46.8 Å². The molecule has 0 atom stereocenters. The minimum atomic E-state index is -0.0226. The highest BCUT2D eigenvalue weighted by atomic mass is 16.1. The van der Waals surface area contributed by atoms with Gasteiger partial charge in [-0.3, -0.25) is 9.48 Å². The molecule has 0 radical (unpaired) electrons. The molecular weight excluding hydrogens is 324 g/mol. The predicted octanol–water partition coefficient (Wildman–Crippen LogP) is 3.86. The van der Waals surface area contributed by atoms with E-state index in [0.717, 1.165) is 29.1 Å². The Morgan fingerprint density at radius 1 is 1.15 bits per heavy atom. The fourth-order valence-corrected chi connectivity index (χ4v) is 3.42. The summed E-state index contributed by atoms with van der Waals surface area (Å²) in [7, 11) is 0. The van der Waals surface area contributed by atoms with Gasteiger partial charge in [-0.15, -0.1) is 0 Å². The van der Waals surface area contributed by atoms with Crippen LogP contribution in [0.25, 0.3) is 0 Å². The van der Waals surface area contributed by atoms with Crippen molar-refractivity contribution in [1.29, 1.82) is 0 Å². The lowest BCUT2D eigenvalue weighted by atomic mass is 10.1. The number of hydrogen-bond acceptors (Lipinski definition) is 2. The lowest BCUT2D eigenvalue weighted by Crippen LogP contribution is -2.23. The zero-order valence-corrected chi connectivity index (χ0v) is 15.9. The third kappa shape index (κ3) is 3.87. The van der Waals surface area contributed by atoms with Gasteiger partial charge in [-0.05, 0) is 51.0 Å². The Hall–Kier alpha value is -2.82. The Labute approximate surface area is 154 Å². The van der Waals surface area contributed by atoms with E-state index in [1.165, 1.54) is 5.56 Å². The molecule has 1 amide bonds. The van der Waals surface area contributed by atoms with Gasteiger partial charge in [0.1, 0.15) is 0 Å². The van der Waals surface area contributed by atoms with Gasteiger partial charge >= 0.3 is 0 Å². The molecule has 0 unspecified atom stereocenters. The molecule has 5 heteroatoms. The lowest BCUT2D eigenvalue weighted by molar-refractivity contribution is 0.0950. The van der Waals surface area contributed by atoms with Gasteiger partial charge in [0.15, 0.2) is 0 Å². The fraction of sp³-hybridized carbons (Fsp3) is 0.333. The number of benzene rings is 1. The number of rotatable bonds is 6. The number of hydrogen-bond donors (Lipinski definition) is 1. The van der Waals surface area contributed by atoms with Crippen LogP contribution in [0.15, 0.2) is 48.8 Å². The van der Waals surface area contributed by atoms with E-state index >= 15 is 0 Å². The summed E-state index contributed by atoms with van der Waals surface area (Å²) >= 11 is 0. The molecule has 136 valence electrons. The van der Waals surface area contributed by atoms with E-state index in [-0.39, 0.29) is 5.91 Å². The molecule has 0 aliphatic carbocycles. The topological polar surface area (TPSA) is 51.9 Å². The SMILES string of the molecule is Cc1cc(C(=O)NCc2ccc(Cn3cccn3)cc2)c(C)n1C(C)C. The van der Waals surface area contributed by atoms with E-state index in [2.05, 4.69) is 53.1 Å². The van der Waals surface area contributed by atoms with E-state index in [0.29, 0.717) is 12.6 Å². The normalized spacial score (nSPS) is 11.1. The van der Waals surface area contributed by atoms with Gasteiger partial charge in [-0.2, -0.15) is 5.10 Å². The molecule has 0 saturated carbocycles. The lowest BCUT2D eigenvalue weighted by Gasteiger charge is -2.13. The molecule has 0 bridgehead atoms. The minimum Gasteiger partial charge on any atom is -0.348 e. The van der Waals surface area contributed by atoms with Crippen molar-refractivity contribution in [2.75, 3.05) is 0 Å². The number of carbonyl (C=O) groups is 1. The summed E-state index contributed by atoms with van der Waals surface area (Å²) in [6.07, 6.45) is 3.72. The number of aryl methyl sites for hydroxylation is 1. The van der Waals surface area contributed by atoms with E-state index in [4.69, 9.17) is 0 Å². The van der Waals surface area contributed by atoms with E-state index < -0.39 is 0 Å². The van der Waals surface area contributed by atoms with Gasteiger partial charge in [-0.25, -0.2) is 0 Å². The Balaban J connectivity index is 1.62. The molecule has 0 saturated heterocycles. The molecule has 0 aliphatic rings. The number of aromatic nitrogens is 3.